The molecule has 0 bridgehead atoms. The number of rotatable bonds is 7. The van der Waals surface area contributed by atoms with Gasteiger partial charge in [-0.25, -0.2) is 4.39 Å². The predicted octanol–water partition coefficient (Wildman–Crippen LogP) is 3.24. The third kappa shape index (κ3) is 7.11. The molecule has 1 aliphatic rings. The molecule has 2 rings (SSSR count). The van der Waals surface area contributed by atoms with Crippen molar-refractivity contribution in [3.05, 3.63) is 30.1 Å². The van der Waals surface area contributed by atoms with Gasteiger partial charge in [-0.1, -0.05) is 0 Å². The molecular weight excluding hydrogens is 468 g/mol. The number of benzene rings is 1. The molecule has 1 aliphatic heterocycles. The third-order valence-electron chi connectivity index (χ3n) is 4.49. The molecule has 1 fully saturated rings. The van der Waals surface area contributed by atoms with E-state index in [1.807, 2.05) is 23.7 Å². The van der Waals surface area contributed by atoms with E-state index in [1.165, 1.54) is 12.1 Å². The Morgan fingerprint density at radius 2 is 2.00 bits per heavy atom. The molecule has 0 radical (unpaired) electrons. The quantitative estimate of drug-likeness (QED) is 0.356. The molecule has 8 heteroatoms. The molecule has 1 aromatic rings. The maximum atomic E-state index is 12.9. The number of hydrogen-bond acceptors (Lipinski definition) is 4. The lowest BCUT2D eigenvalue weighted by Crippen LogP contribution is -2.48. The van der Waals surface area contributed by atoms with E-state index in [-0.39, 0.29) is 34.5 Å². The fourth-order valence-electron chi connectivity index (χ4n) is 2.76. The van der Waals surface area contributed by atoms with E-state index in [0.29, 0.717) is 18.9 Å². The maximum Gasteiger partial charge on any atom is 0.193 e. The molecule has 148 valence electrons. The van der Waals surface area contributed by atoms with Crippen LogP contribution in [0.5, 0.6) is 5.75 Å². The average molecular weight is 497 g/mol. The first-order chi connectivity index (χ1) is 12.1. The largest absolute Gasteiger partial charge is 0.492 e. The predicted molar refractivity (Wildman–Crippen MR) is 118 cm³/mol. The van der Waals surface area contributed by atoms with Crippen LogP contribution in [-0.2, 0) is 4.74 Å². The van der Waals surface area contributed by atoms with Crippen LogP contribution in [-0.4, -0.2) is 68.9 Å². The van der Waals surface area contributed by atoms with Crippen LogP contribution in [0.25, 0.3) is 0 Å². The number of nitrogens with one attached hydrogen (secondary N) is 1. The number of ether oxygens (including phenoxy) is 2. The number of nitrogens with zero attached hydrogens (tertiary/aromatic N) is 2. The SMILES string of the molecule is CN=C(NCC1(SC)CCOCC1)N(C)CCOc1ccc(F)cc1.I. The van der Waals surface area contributed by atoms with Crippen LogP contribution in [0.15, 0.2) is 29.3 Å². The van der Waals surface area contributed by atoms with Gasteiger partial charge >= 0.3 is 0 Å². The summed E-state index contributed by atoms with van der Waals surface area (Å²) in [6.45, 7) is 3.70. The number of likely N-dealkylation sites (N-methyl/N-ethyl adjacent to an activating group) is 1. The summed E-state index contributed by atoms with van der Waals surface area (Å²) in [7, 11) is 3.77. The van der Waals surface area contributed by atoms with Gasteiger partial charge in [0.25, 0.3) is 0 Å². The van der Waals surface area contributed by atoms with Crippen LogP contribution in [0.4, 0.5) is 4.39 Å². The highest BCUT2D eigenvalue weighted by Crippen LogP contribution is 2.32. The second-order valence-corrected chi connectivity index (χ2v) is 7.40. The molecule has 1 N–H and O–H groups in total. The van der Waals surface area contributed by atoms with Crippen LogP contribution < -0.4 is 10.1 Å². The van der Waals surface area contributed by atoms with Crippen molar-refractivity contribution in [2.75, 3.05) is 53.3 Å². The summed E-state index contributed by atoms with van der Waals surface area (Å²) in [5, 5.41) is 3.48. The smallest absolute Gasteiger partial charge is 0.193 e. The number of thioether (sulfide) groups is 1. The lowest BCUT2D eigenvalue weighted by Gasteiger charge is -2.36. The van der Waals surface area contributed by atoms with Gasteiger partial charge in [0.2, 0.25) is 0 Å². The fourth-order valence-corrected chi connectivity index (χ4v) is 3.55. The van der Waals surface area contributed by atoms with E-state index in [2.05, 4.69) is 16.6 Å². The van der Waals surface area contributed by atoms with Gasteiger partial charge in [0.05, 0.1) is 6.54 Å². The minimum absolute atomic E-state index is 0. The van der Waals surface area contributed by atoms with Crippen molar-refractivity contribution in [2.45, 2.75) is 17.6 Å². The summed E-state index contributed by atoms with van der Waals surface area (Å²) in [4.78, 5) is 6.40. The van der Waals surface area contributed by atoms with Gasteiger partial charge < -0.3 is 19.7 Å². The summed E-state index contributed by atoms with van der Waals surface area (Å²) >= 11 is 1.90. The highest BCUT2D eigenvalue weighted by Gasteiger charge is 2.32. The molecule has 0 unspecified atom stereocenters. The number of halogens is 2. The van der Waals surface area contributed by atoms with Gasteiger partial charge in [0, 0.05) is 38.6 Å². The second-order valence-electron chi connectivity index (χ2n) is 6.12. The first-order valence-corrected chi connectivity index (χ1v) is 9.74. The highest BCUT2D eigenvalue weighted by molar-refractivity contribution is 14.0. The normalized spacial score (nSPS) is 16.5. The monoisotopic (exact) mass is 497 g/mol. The fraction of sp³-hybridized carbons (Fsp3) is 0.611. The van der Waals surface area contributed by atoms with Crippen molar-refractivity contribution in [2.24, 2.45) is 4.99 Å². The Kier molecular flexibility index (Phi) is 10.6. The van der Waals surface area contributed by atoms with Gasteiger partial charge in [0.1, 0.15) is 18.2 Å². The van der Waals surface area contributed by atoms with Crippen LogP contribution in [0, 0.1) is 5.82 Å². The maximum absolute atomic E-state index is 12.9. The van der Waals surface area contributed by atoms with Crippen LogP contribution in [0.3, 0.4) is 0 Å². The number of hydrogen-bond donors (Lipinski definition) is 1. The molecule has 1 heterocycles. The molecule has 0 atom stereocenters. The van der Waals surface area contributed by atoms with E-state index in [0.717, 1.165) is 38.6 Å². The molecule has 0 aliphatic carbocycles. The van der Waals surface area contributed by atoms with Crippen molar-refractivity contribution in [1.82, 2.24) is 10.2 Å². The summed E-state index contributed by atoms with van der Waals surface area (Å²) in [6, 6.07) is 6.07. The van der Waals surface area contributed by atoms with Crippen molar-refractivity contribution in [3.63, 3.8) is 0 Å². The van der Waals surface area contributed by atoms with E-state index in [1.54, 1.807) is 19.2 Å². The average Bonchev–Trinajstić information content (AvgIpc) is 2.64. The zero-order chi connectivity index (χ0) is 18.1. The second kappa shape index (κ2) is 11.9. The van der Waals surface area contributed by atoms with Gasteiger partial charge in [-0.15, -0.1) is 24.0 Å². The zero-order valence-electron chi connectivity index (χ0n) is 15.7. The molecule has 1 aromatic carbocycles. The van der Waals surface area contributed by atoms with Gasteiger partial charge in [-0.2, -0.15) is 11.8 Å². The molecule has 26 heavy (non-hydrogen) atoms. The molecular formula is C18H29FIN3O2S. The Bertz CT molecular complexity index is 554. The topological polar surface area (TPSA) is 46.1 Å². The molecule has 5 nitrogen and oxygen atoms in total. The number of aliphatic imine (C=N–C) groups is 1. The number of guanidine groups is 1. The minimum atomic E-state index is -0.259. The van der Waals surface area contributed by atoms with E-state index in [4.69, 9.17) is 9.47 Å². The summed E-state index contributed by atoms with van der Waals surface area (Å²) in [6.07, 6.45) is 4.26. The molecule has 0 saturated carbocycles. The van der Waals surface area contributed by atoms with Gasteiger partial charge in [-0.05, 0) is 43.4 Å². The Morgan fingerprint density at radius 3 is 2.58 bits per heavy atom. The van der Waals surface area contributed by atoms with E-state index >= 15 is 0 Å². The van der Waals surface area contributed by atoms with Crippen molar-refractivity contribution < 1.29 is 13.9 Å². The zero-order valence-corrected chi connectivity index (χ0v) is 18.8. The van der Waals surface area contributed by atoms with Crippen LogP contribution in [0.1, 0.15) is 12.8 Å². The van der Waals surface area contributed by atoms with Crippen molar-refractivity contribution in [3.8, 4) is 5.75 Å². The molecule has 0 amide bonds. The minimum Gasteiger partial charge on any atom is -0.492 e. The summed E-state index contributed by atoms with van der Waals surface area (Å²) < 4.78 is 24.2. The Morgan fingerprint density at radius 1 is 1.35 bits per heavy atom. The molecule has 1 saturated heterocycles. The van der Waals surface area contributed by atoms with Gasteiger partial charge in [-0.3, -0.25) is 4.99 Å². The first-order valence-electron chi connectivity index (χ1n) is 8.51. The Balaban J connectivity index is 0.00000338. The standard InChI is InChI=1S/C18H28FN3O2S.HI/c1-20-17(21-14-18(25-3)8-11-23-12-9-18)22(2)10-13-24-16-6-4-15(19)5-7-16;/h4-7H,8-14H2,1-3H3,(H,20,21);1H. The lowest BCUT2D eigenvalue weighted by atomic mass is 9.99. The van der Waals surface area contributed by atoms with Gasteiger partial charge in [0.15, 0.2) is 5.96 Å². The molecule has 0 aromatic heterocycles. The first kappa shape index (κ1) is 23.3. The summed E-state index contributed by atoms with van der Waals surface area (Å²) in [5.41, 5.74) is 0. The lowest BCUT2D eigenvalue weighted by molar-refractivity contribution is 0.0781. The van der Waals surface area contributed by atoms with Crippen LogP contribution in [0.2, 0.25) is 0 Å². The van der Waals surface area contributed by atoms with Crippen molar-refractivity contribution >= 4 is 41.7 Å². The summed E-state index contributed by atoms with van der Waals surface area (Å²) in [5.74, 6) is 1.26. The third-order valence-corrected chi connectivity index (χ3v) is 5.91. The Labute approximate surface area is 177 Å². The van der Waals surface area contributed by atoms with E-state index in [9.17, 15) is 4.39 Å². The van der Waals surface area contributed by atoms with E-state index < -0.39 is 0 Å². The highest BCUT2D eigenvalue weighted by atomic mass is 127. The van der Waals surface area contributed by atoms with Crippen LogP contribution >= 0.6 is 35.7 Å². The van der Waals surface area contributed by atoms with Crippen molar-refractivity contribution in [1.29, 1.82) is 0 Å². The Hall–Kier alpha value is -0.740. The molecule has 0 spiro atoms.